The molecule has 0 bridgehead atoms. The summed E-state index contributed by atoms with van der Waals surface area (Å²) < 4.78 is 0. The maximum Gasteiger partial charge on any atom is 0.273 e. The maximum atomic E-state index is 12.1. The average Bonchev–Trinajstić information content (AvgIpc) is 3.19. The minimum Gasteiger partial charge on any atom is -0.362 e. The fraction of sp³-hybridized carbons (Fsp3) is 0.476. The van der Waals surface area contributed by atoms with Crippen molar-refractivity contribution in [3.8, 4) is 11.3 Å². The molecular formula is C21H30N6O. The second-order valence-corrected chi connectivity index (χ2v) is 8.12. The summed E-state index contributed by atoms with van der Waals surface area (Å²) in [5.41, 5.74) is 6.77. The Morgan fingerprint density at radius 1 is 1.18 bits per heavy atom. The number of H-pyrrole nitrogens is 3. The normalized spacial score (nSPS) is 11.9. The first-order valence-electron chi connectivity index (χ1n) is 9.80. The molecule has 0 unspecified atom stereocenters. The summed E-state index contributed by atoms with van der Waals surface area (Å²) in [7, 11) is 0. The predicted octanol–water partition coefficient (Wildman–Crippen LogP) is 2.84. The molecule has 0 aliphatic heterocycles. The van der Waals surface area contributed by atoms with Gasteiger partial charge < -0.3 is 15.4 Å². The van der Waals surface area contributed by atoms with Gasteiger partial charge in [-0.3, -0.25) is 19.9 Å². The van der Waals surface area contributed by atoms with Crippen LogP contribution in [0.1, 0.15) is 55.9 Å². The van der Waals surface area contributed by atoms with Gasteiger partial charge in [0.05, 0.1) is 17.0 Å². The van der Waals surface area contributed by atoms with Crippen molar-refractivity contribution in [2.75, 3.05) is 13.1 Å². The van der Waals surface area contributed by atoms with Crippen LogP contribution in [0.15, 0.2) is 23.4 Å². The van der Waals surface area contributed by atoms with Crippen LogP contribution in [0.2, 0.25) is 0 Å². The molecule has 3 aromatic heterocycles. The number of aromatic amines is 3. The summed E-state index contributed by atoms with van der Waals surface area (Å²) in [5.74, 6) is 0. The summed E-state index contributed by atoms with van der Waals surface area (Å²) in [6.07, 6.45) is 6.52. The number of hydrogen-bond acceptors (Lipinski definition) is 4. The van der Waals surface area contributed by atoms with Crippen molar-refractivity contribution in [1.82, 2.24) is 30.5 Å². The number of aryl methyl sites for hydroxylation is 1. The molecule has 0 aromatic carbocycles. The molecule has 0 spiro atoms. The highest BCUT2D eigenvalue weighted by Crippen LogP contribution is 2.33. The molecule has 0 radical (unpaired) electrons. The zero-order valence-corrected chi connectivity index (χ0v) is 17.4. The summed E-state index contributed by atoms with van der Waals surface area (Å²) in [6.45, 7) is 12.9. The lowest BCUT2D eigenvalue weighted by atomic mass is 9.82. The van der Waals surface area contributed by atoms with Crippen LogP contribution in [0.5, 0.6) is 0 Å². The Labute approximate surface area is 165 Å². The van der Waals surface area contributed by atoms with Crippen molar-refractivity contribution in [3.63, 3.8) is 0 Å². The molecule has 3 aromatic rings. The molecule has 0 aliphatic rings. The molecule has 0 saturated heterocycles. The molecular weight excluding hydrogens is 352 g/mol. The molecule has 4 N–H and O–H groups in total. The van der Waals surface area contributed by atoms with E-state index in [2.05, 4.69) is 65.1 Å². The van der Waals surface area contributed by atoms with Crippen molar-refractivity contribution in [2.24, 2.45) is 0 Å². The number of likely N-dealkylation sites (N-methyl/N-ethyl adjacent to an activating group) is 1. The number of nitrogens with zero attached hydrogens (tertiary/aromatic N) is 2. The van der Waals surface area contributed by atoms with Crippen LogP contribution in [0.4, 0.5) is 0 Å². The van der Waals surface area contributed by atoms with E-state index in [0.717, 1.165) is 30.9 Å². The Morgan fingerprint density at radius 3 is 2.57 bits per heavy atom. The van der Waals surface area contributed by atoms with E-state index in [-0.39, 0.29) is 11.0 Å². The molecule has 3 heterocycles. The second kappa shape index (κ2) is 8.14. The van der Waals surface area contributed by atoms with Gasteiger partial charge in [-0.05, 0) is 43.0 Å². The minimum atomic E-state index is -0.188. The van der Waals surface area contributed by atoms with Crippen LogP contribution in [0.25, 0.3) is 11.3 Å². The highest BCUT2D eigenvalue weighted by molar-refractivity contribution is 5.60. The van der Waals surface area contributed by atoms with E-state index in [4.69, 9.17) is 0 Å². The third kappa shape index (κ3) is 4.09. The Morgan fingerprint density at radius 2 is 1.93 bits per heavy atom. The van der Waals surface area contributed by atoms with E-state index in [0.29, 0.717) is 17.7 Å². The largest absolute Gasteiger partial charge is 0.362 e. The Bertz CT molecular complexity index is 989. The van der Waals surface area contributed by atoms with Crippen LogP contribution in [0, 0.1) is 6.92 Å². The zero-order chi connectivity index (χ0) is 20.3. The van der Waals surface area contributed by atoms with Gasteiger partial charge in [-0.25, -0.2) is 0 Å². The number of rotatable bonds is 7. The molecule has 150 valence electrons. The summed E-state index contributed by atoms with van der Waals surface area (Å²) in [4.78, 5) is 24.7. The van der Waals surface area contributed by atoms with Gasteiger partial charge >= 0.3 is 0 Å². The molecule has 3 rings (SSSR count). The minimum absolute atomic E-state index is 0.00439. The van der Waals surface area contributed by atoms with Crippen molar-refractivity contribution in [3.05, 3.63) is 57.2 Å². The van der Waals surface area contributed by atoms with Gasteiger partial charge in [-0.2, -0.15) is 0 Å². The Balaban J connectivity index is 2.03. The molecule has 28 heavy (non-hydrogen) atoms. The van der Waals surface area contributed by atoms with Gasteiger partial charge in [0.1, 0.15) is 0 Å². The lowest BCUT2D eigenvalue weighted by Gasteiger charge is -2.23. The number of aromatic nitrogens is 5. The van der Waals surface area contributed by atoms with E-state index in [1.165, 1.54) is 16.8 Å². The first kappa shape index (κ1) is 20.1. The standard InChI is InChI=1S/C21H30N6O/c1-6-22-8-7-14-13(2)26-16(18(14)21(3,4)5)11-17-19(24-10-9-23-17)15-12-25-27-20(15)28/h9-10,12,22,26H,6-8,11H2,1-5H3,(H2,25,27,28). The zero-order valence-electron chi connectivity index (χ0n) is 17.4. The smallest absolute Gasteiger partial charge is 0.273 e. The quantitative estimate of drug-likeness (QED) is 0.472. The van der Waals surface area contributed by atoms with Gasteiger partial charge in [0.15, 0.2) is 0 Å². The van der Waals surface area contributed by atoms with Crippen LogP contribution in [0.3, 0.4) is 0 Å². The SMILES string of the molecule is CCNCCc1c(C)[nH]c(Cc2nccnc2-c2c[nH][nH]c2=O)c1C(C)(C)C. The van der Waals surface area contributed by atoms with Crippen LogP contribution < -0.4 is 10.9 Å². The second-order valence-electron chi connectivity index (χ2n) is 8.12. The van der Waals surface area contributed by atoms with Crippen LogP contribution >= 0.6 is 0 Å². The first-order chi connectivity index (χ1) is 13.3. The fourth-order valence-electron chi connectivity index (χ4n) is 3.85. The molecule has 0 saturated carbocycles. The molecule has 0 fully saturated rings. The molecule has 0 aliphatic carbocycles. The summed E-state index contributed by atoms with van der Waals surface area (Å²) in [6, 6.07) is 0. The van der Waals surface area contributed by atoms with E-state index in [1.54, 1.807) is 18.6 Å². The van der Waals surface area contributed by atoms with Gasteiger partial charge in [0.2, 0.25) is 0 Å². The van der Waals surface area contributed by atoms with Crippen molar-refractivity contribution < 1.29 is 0 Å². The number of hydrogen-bond donors (Lipinski definition) is 4. The van der Waals surface area contributed by atoms with E-state index in [9.17, 15) is 4.79 Å². The third-order valence-electron chi connectivity index (χ3n) is 4.97. The Hall–Kier alpha value is -2.67. The van der Waals surface area contributed by atoms with E-state index in [1.807, 2.05) is 0 Å². The fourth-order valence-corrected chi connectivity index (χ4v) is 3.85. The molecule has 0 amide bonds. The Kier molecular flexibility index (Phi) is 5.84. The van der Waals surface area contributed by atoms with E-state index >= 15 is 0 Å². The van der Waals surface area contributed by atoms with Crippen LogP contribution in [-0.2, 0) is 18.3 Å². The molecule has 0 atom stereocenters. The van der Waals surface area contributed by atoms with Crippen LogP contribution in [-0.4, -0.2) is 38.2 Å². The van der Waals surface area contributed by atoms with Crippen molar-refractivity contribution in [1.29, 1.82) is 0 Å². The van der Waals surface area contributed by atoms with Crippen molar-refractivity contribution in [2.45, 2.75) is 52.9 Å². The molecule has 7 heteroatoms. The van der Waals surface area contributed by atoms with Gasteiger partial charge in [0.25, 0.3) is 5.56 Å². The average molecular weight is 383 g/mol. The lowest BCUT2D eigenvalue weighted by Crippen LogP contribution is -2.20. The first-order valence-corrected chi connectivity index (χ1v) is 9.80. The van der Waals surface area contributed by atoms with Crippen molar-refractivity contribution >= 4 is 0 Å². The predicted molar refractivity (Wildman–Crippen MR) is 112 cm³/mol. The van der Waals surface area contributed by atoms with Gasteiger partial charge in [-0.15, -0.1) is 0 Å². The van der Waals surface area contributed by atoms with E-state index < -0.39 is 0 Å². The maximum absolute atomic E-state index is 12.1. The molecule has 7 nitrogen and oxygen atoms in total. The highest BCUT2D eigenvalue weighted by atomic mass is 16.1. The summed E-state index contributed by atoms with van der Waals surface area (Å²) in [5, 5.41) is 8.74. The summed E-state index contributed by atoms with van der Waals surface area (Å²) >= 11 is 0. The topological polar surface area (TPSA) is 102 Å². The monoisotopic (exact) mass is 382 g/mol. The van der Waals surface area contributed by atoms with Gasteiger partial charge in [0, 0.05) is 36.4 Å². The van der Waals surface area contributed by atoms with Gasteiger partial charge in [-0.1, -0.05) is 27.7 Å². The third-order valence-corrected chi connectivity index (χ3v) is 4.97. The lowest BCUT2D eigenvalue weighted by molar-refractivity contribution is 0.574. The highest BCUT2D eigenvalue weighted by Gasteiger charge is 2.26. The number of nitrogens with one attached hydrogen (secondary N) is 4.